The first-order chi connectivity index (χ1) is 9.74. The van der Waals surface area contributed by atoms with Gasteiger partial charge in [-0.05, 0) is 46.8 Å². The number of nitrogens with zero attached hydrogens (tertiary/aromatic N) is 1. The van der Waals surface area contributed by atoms with E-state index >= 15 is 0 Å². The maximum Gasteiger partial charge on any atom is 0.270 e. The minimum absolute atomic E-state index is 0.106. The highest BCUT2D eigenvalue weighted by atomic mass is 79.9. The average molecular weight is 333 g/mol. The molecule has 2 aromatic rings. The van der Waals surface area contributed by atoms with Gasteiger partial charge < -0.3 is 9.88 Å². The molecule has 0 bridgehead atoms. The normalized spacial score (nSPS) is 18.4. The van der Waals surface area contributed by atoms with Crippen molar-refractivity contribution in [2.45, 2.75) is 25.3 Å². The quantitative estimate of drug-likeness (QED) is 0.915. The van der Waals surface area contributed by atoms with Crippen molar-refractivity contribution in [2.75, 3.05) is 6.54 Å². The van der Waals surface area contributed by atoms with E-state index in [0.717, 1.165) is 30.3 Å². The van der Waals surface area contributed by atoms with Gasteiger partial charge in [0, 0.05) is 23.3 Å². The van der Waals surface area contributed by atoms with Crippen molar-refractivity contribution in [3.63, 3.8) is 0 Å². The van der Waals surface area contributed by atoms with Crippen LogP contribution in [0.15, 0.2) is 47.1 Å². The van der Waals surface area contributed by atoms with Gasteiger partial charge in [0.25, 0.3) is 5.91 Å². The highest BCUT2D eigenvalue weighted by Gasteiger charge is 2.29. The predicted octanol–water partition coefficient (Wildman–Crippen LogP) is 3.62. The number of carbonyl (C=O) groups is 1. The third-order valence-corrected chi connectivity index (χ3v) is 4.29. The van der Waals surface area contributed by atoms with Crippen LogP contribution in [0.25, 0.3) is 0 Å². The number of aromatic amines is 1. The summed E-state index contributed by atoms with van der Waals surface area (Å²) in [6, 6.07) is 12.6. The molecule has 1 N–H and O–H groups in total. The topological polar surface area (TPSA) is 36.1 Å². The number of nitrogens with one attached hydrogen (secondary N) is 1. The number of likely N-dealkylation sites (tertiary alicyclic amines) is 1. The molecule has 104 valence electrons. The Hall–Kier alpha value is -1.55. The van der Waals surface area contributed by atoms with Crippen molar-refractivity contribution >= 4 is 21.8 Å². The molecule has 1 fully saturated rings. The molecule has 20 heavy (non-hydrogen) atoms. The van der Waals surface area contributed by atoms with Gasteiger partial charge in [0.15, 0.2) is 0 Å². The second kappa shape index (κ2) is 5.83. The smallest absolute Gasteiger partial charge is 0.270 e. The van der Waals surface area contributed by atoms with Crippen LogP contribution in [0.5, 0.6) is 0 Å². The Morgan fingerprint density at radius 1 is 1.35 bits per heavy atom. The maximum atomic E-state index is 12.5. The minimum Gasteiger partial charge on any atom is -0.356 e. The fraction of sp³-hybridized carbons (Fsp3) is 0.312. The highest BCUT2D eigenvalue weighted by molar-refractivity contribution is 9.10. The summed E-state index contributed by atoms with van der Waals surface area (Å²) >= 11 is 3.38. The summed E-state index contributed by atoms with van der Waals surface area (Å²) in [7, 11) is 0. The van der Waals surface area contributed by atoms with Crippen molar-refractivity contribution in [1.82, 2.24) is 9.88 Å². The average Bonchev–Trinajstić information content (AvgIpc) is 3.08. The summed E-state index contributed by atoms with van der Waals surface area (Å²) in [6.07, 6.45) is 4.91. The molecule has 1 aliphatic heterocycles. The first kappa shape index (κ1) is 13.4. The zero-order valence-corrected chi connectivity index (χ0v) is 12.8. The van der Waals surface area contributed by atoms with E-state index in [1.165, 1.54) is 5.56 Å². The first-order valence-electron chi connectivity index (χ1n) is 6.93. The molecular weight excluding hydrogens is 316 g/mol. The van der Waals surface area contributed by atoms with Gasteiger partial charge >= 0.3 is 0 Å². The van der Waals surface area contributed by atoms with Crippen molar-refractivity contribution < 1.29 is 4.79 Å². The SMILES string of the molecule is O=C(c1cc(Br)c[nH]1)N1CCCC1Cc1ccccc1. The fourth-order valence-electron chi connectivity index (χ4n) is 2.85. The molecular formula is C16H17BrN2O. The molecule has 1 saturated heterocycles. The van der Waals surface area contributed by atoms with Gasteiger partial charge in [-0.25, -0.2) is 0 Å². The summed E-state index contributed by atoms with van der Waals surface area (Å²) in [5.41, 5.74) is 1.96. The van der Waals surface area contributed by atoms with Gasteiger partial charge in [-0.2, -0.15) is 0 Å². The predicted molar refractivity (Wildman–Crippen MR) is 82.7 cm³/mol. The largest absolute Gasteiger partial charge is 0.356 e. The number of hydrogen-bond acceptors (Lipinski definition) is 1. The lowest BCUT2D eigenvalue weighted by Gasteiger charge is -2.24. The van der Waals surface area contributed by atoms with Gasteiger partial charge in [-0.15, -0.1) is 0 Å². The lowest BCUT2D eigenvalue weighted by Crippen LogP contribution is -2.37. The fourth-order valence-corrected chi connectivity index (χ4v) is 3.19. The Morgan fingerprint density at radius 3 is 2.85 bits per heavy atom. The molecule has 0 spiro atoms. The lowest BCUT2D eigenvalue weighted by atomic mass is 10.0. The van der Waals surface area contributed by atoms with Gasteiger partial charge in [-0.1, -0.05) is 30.3 Å². The summed E-state index contributed by atoms with van der Waals surface area (Å²) < 4.78 is 0.916. The van der Waals surface area contributed by atoms with E-state index in [-0.39, 0.29) is 5.91 Å². The van der Waals surface area contributed by atoms with Crippen molar-refractivity contribution in [3.05, 3.63) is 58.3 Å². The molecule has 1 unspecified atom stereocenters. The van der Waals surface area contributed by atoms with Crippen molar-refractivity contribution in [1.29, 1.82) is 0 Å². The second-order valence-electron chi connectivity index (χ2n) is 5.22. The van der Waals surface area contributed by atoms with E-state index in [0.29, 0.717) is 11.7 Å². The number of H-pyrrole nitrogens is 1. The second-order valence-corrected chi connectivity index (χ2v) is 6.13. The Labute approximate surface area is 127 Å². The van der Waals surface area contributed by atoms with Crippen LogP contribution >= 0.6 is 15.9 Å². The molecule has 0 radical (unpaired) electrons. The number of halogens is 1. The molecule has 4 heteroatoms. The highest BCUT2D eigenvalue weighted by Crippen LogP contribution is 2.24. The maximum absolute atomic E-state index is 12.5. The van der Waals surface area contributed by atoms with E-state index in [9.17, 15) is 4.79 Å². The summed E-state index contributed by atoms with van der Waals surface area (Å²) in [6.45, 7) is 0.854. The van der Waals surface area contributed by atoms with E-state index < -0.39 is 0 Å². The monoisotopic (exact) mass is 332 g/mol. The van der Waals surface area contributed by atoms with Crippen LogP contribution < -0.4 is 0 Å². The van der Waals surface area contributed by atoms with Gasteiger partial charge in [0.2, 0.25) is 0 Å². The molecule has 3 nitrogen and oxygen atoms in total. The molecule has 3 rings (SSSR count). The van der Waals surface area contributed by atoms with Crippen LogP contribution in [0, 0.1) is 0 Å². The van der Waals surface area contributed by atoms with Crippen LogP contribution in [0.3, 0.4) is 0 Å². The minimum atomic E-state index is 0.106. The number of amides is 1. The standard InChI is InChI=1S/C16H17BrN2O/c17-13-10-15(18-11-13)16(20)19-8-4-7-14(19)9-12-5-2-1-3-6-12/h1-3,5-6,10-11,14,18H,4,7-9H2. The first-order valence-corrected chi connectivity index (χ1v) is 7.72. The van der Waals surface area contributed by atoms with Crippen molar-refractivity contribution in [3.8, 4) is 0 Å². The molecule has 0 aliphatic carbocycles. The molecule has 2 heterocycles. The lowest BCUT2D eigenvalue weighted by molar-refractivity contribution is 0.0731. The summed E-state index contributed by atoms with van der Waals surface area (Å²) in [4.78, 5) is 17.6. The van der Waals surface area contributed by atoms with E-state index in [2.05, 4.69) is 45.2 Å². The Kier molecular flexibility index (Phi) is 3.92. The third kappa shape index (κ3) is 2.80. The zero-order chi connectivity index (χ0) is 13.9. The Bertz CT molecular complexity index is 594. The molecule has 1 atom stereocenters. The molecule has 1 aliphatic rings. The van der Waals surface area contributed by atoms with Crippen LogP contribution in [-0.2, 0) is 6.42 Å². The van der Waals surface area contributed by atoms with E-state index in [4.69, 9.17) is 0 Å². The van der Waals surface area contributed by atoms with Gasteiger partial charge in [0.05, 0.1) is 0 Å². The number of carbonyl (C=O) groups excluding carboxylic acids is 1. The van der Waals surface area contributed by atoms with Gasteiger partial charge in [-0.3, -0.25) is 4.79 Å². The van der Waals surface area contributed by atoms with Gasteiger partial charge in [0.1, 0.15) is 5.69 Å². The van der Waals surface area contributed by atoms with E-state index in [1.807, 2.05) is 17.0 Å². The number of rotatable bonds is 3. The zero-order valence-electron chi connectivity index (χ0n) is 11.2. The molecule has 1 aromatic carbocycles. The number of hydrogen-bond donors (Lipinski definition) is 1. The Morgan fingerprint density at radius 2 is 2.15 bits per heavy atom. The van der Waals surface area contributed by atoms with Crippen LogP contribution in [-0.4, -0.2) is 28.4 Å². The molecule has 1 aromatic heterocycles. The summed E-state index contributed by atoms with van der Waals surface area (Å²) in [5.74, 6) is 0.106. The Balaban J connectivity index is 1.74. The van der Waals surface area contributed by atoms with Crippen LogP contribution in [0.1, 0.15) is 28.9 Å². The molecule has 1 amide bonds. The molecule has 0 saturated carbocycles. The summed E-state index contributed by atoms with van der Waals surface area (Å²) in [5, 5.41) is 0. The van der Waals surface area contributed by atoms with Crippen LogP contribution in [0.4, 0.5) is 0 Å². The number of benzene rings is 1. The third-order valence-electron chi connectivity index (χ3n) is 3.83. The van der Waals surface area contributed by atoms with Crippen molar-refractivity contribution in [2.24, 2.45) is 0 Å². The number of aromatic nitrogens is 1. The van der Waals surface area contributed by atoms with Crippen LogP contribution in [0.2, 0.25) is 0 Å². The van der Waals surface area contributed by atoms with E-state index in [1.54, 1.807) is 6.20 Å².